The number of amides is 2. The Hall–Kier alpha value is -4.19. The number of aryl methyl sites for hydroxylation is 1. The largest absolute Gasteiger partial charge is 0.465 e. The summed E-state index contributed by atoms with van der Waals surface area (Å²) in [4.78, 5) is 32.7. The first-order chi connectivity index (χ1) is 17.6. The number of rotatable bonds is 3. The van der Waals surface area contributed by atoms with E-state index in [1.54, 1.807) is 60.3 Å². The van der Waals surface area contributed by atoms with Gasteiger partial charge in [-0.15, -0.1) is 0 Å². The molecule has 0 atom stereocenters. The van der Waals surface area contributed by atoms with Crippen molar-refractivity contribution in [1.29, 1.82) is 0 Å². The van der Waals surface area contributed by atoms with E-state index in [9.17, 15) is 23.1 Å². The summed E-state index contributed by atoms with van der Waals surface area (Å²) < 4.78 is 30.7. The zero-order valence-corrected chi connectivity index (χ0v) is 21.0. The van der Waals surface area contributed by atoms with Crippen LogP contribution >= 0.6 is 0 Å². The van der Waals surface area contributed by atoms with Crippen LogP contribution in [0.25, 0.3) is 22.3 Å². The number of benzene rings is 1. The molecule has 4 aromatic rings. The second-order valence-corrected chi connectivity index (χ2v) is 11.3. The highest BCUT2D eigenvalue weighted by atomic mass is 32.2. The van der Waals surface area contributed by atoms with Crippen LogP contribution in [-0.2, 0) is 27.3 Å². The van der Waals surface area contributed by atoms with Crippen molar-refractivity contribution in [3.05, 3.63) is 60.6 Å². The number of nitrogens with zero attached hydrogens (tertiary/aromatic N) is 6. The van der Waals surface area contributed by atoms with Crippen LogP contribution in [0.4, 0.5) is 10.5 Å². The highest BCUT2D eigenvalue weighted by Crippen LogP contribution is 2.51. The number of anilines is 1. The molecule has 0 aliphatic carbocycles. The number of likely N-dealkylation sites (tertiary alicyclic amines) is 1. The molecule has 0 radical (unpaired) electrons. The summed E-state index contributed by atoms with van der Waals surface area (Å²) >= 11 is 0. The lowest BCUT2D eigenvalue weighted by atomic mass is 9.73. The number of fused-ring (bicyclic) bond motifs is 4. The molecule has 190 valence electrons. The van der Waals surface area contributed by atoms with Gasteiger partial charge in [-0.1, -0.05) is 18.2 Å². The molecule has 1 N–H and O–H groups in total. The summed E-state index contributed by atoms with van der Waals surface area (Å²) in [5.41, 5.74) is 1.51. The third-order valence-electron chi connectivity index (χ3n) is 7.49. The molecule has 1 saturated heterocycles. The molecule has 2 aliphatic heterocycles. The van der Waals surface area contributed by atoms with Crippen LogP contribution in [0.2, 0.25) is 0 Å². The lowest BCUT2D eigenvalue weighted by Gasteiger charge is -2.37. The van der Waals surface area contributed by atoms with Gasteiger partial charge in [0.2, 0.25) is 5.91 Å². The van der Waals surface area contributed by atoms with Gasteiger partial charge in [0, 0.05) is 49.9 Å². The standard InChI is InChI=1S/C25H24N6O5S/c1-28-15-16(13-27-28)19-12-18-21-20(29(2)23(32)25(21)8-10-30(11-9-25)24(33)34)14-26-22(18)31(19)37(35,36)17-6-4-3-5-7-17/h3-7,12-15H,8-11H2,1-2H3,(H,33,34). The second kappa shape index (κ2) is 7.90. The van der Waals surface area contributed by atoms with E-state index in [1.165, 1.54) is 27.2 Å². The Labute approximate surface area is 212 Å². The predicted octanol–water partition coefficient (Wildman–Crippen LogP) is 2.66. The summed E-state index contributed by atoms with van der Waals surface area (Å²) in [5.74, 6) is -0.136. The SMILES string of the molecule is CN1C(=O)C2(CCN(C(=O)O)CC2)c2c1cnc1c2cc(-c2cnn(C)c2)n1S(=O)(=O)c1ccccc1. The molecule has 1 aromatic carbocycles. The van der Waals surface area contributed by atoms with Gasteiger partial charge in [-0.3, -0.25) is 9.48 Å². The average Bonchev–Trinajstić information content (AvgIpc) is 3.56. The van der Waals surface area contributed by atoms with Crippen molar-refractivity contribution >= 4 is 38.7 Å². The number of hydrogen-bond donors (Lipinski definition) is 1. The fourth-order valence-electron chi connectivity index (χ4n) is 5.65. The molecule has 37 heavy (non-hydrogen) atoms. The van der Waals surface area contributed by atoms with Crippen molar-refractivity contribution in [3.63, 3.8) is 0 Å². The monoisotopic (exact) mass is 520 g/mol. The minimum absolute atomic E-state index is 0.109. The van der Waals surface area contributed by atoms with Crippen molar-refractivity contribution in [2.45, 2.75) is 23.2 Å². The normalized spacial score (nSPS) is 17.1. The molecule has 0 bridgehead atoms. The summed E-state index contributed by atoms with van der Waals surface area (Å²) in [6, 6.07) is 9.88. The van der Waals surface area contributed by atoms with Crippen LogP contribution in [0.15, 0.2) is 59.9 Å². The maximum atomic E-state index is 14.0. The molecular weight excluding hydrogens is 496 g/mol. The van der Waals surface area contributed by atoms with Gasteiger partial charge in [-0.2, -0.15) is 5.10 Å². The molecule has 0 saturated carbocycles. The van der Waals surface area contributed by atoms with Gasteiger partial charge in [0.25, 0.3) is 10.0 Å². The number of hydrogen-bond acceptors (Lipinski definition) is 6. The lowest BCUT2D eigenvalue weighted by Crippen LogP contribution is -2.49. The quantitative estimate of drug-likeness (QED) is 0.439. The molecule has 2 amide bonds. The second-order valence-electron chi connectivity index (χ2n) is 9.49. The zero-order valence-electron chi connectivity index (χ0n) is 20.2. The Balaban J connectivity index is 1.65. The summed E-state index contributed by atoms with van der Waals surface area (Å²) in [6.45, 7) is 0.410. The highest BCUT2D eigenvalue weighted by molar-refractivity contribution is 7.90. The maximum absolute atomic E-state index is 14.0. The smallest absolute Gasteiger partial charge is 0.407 e. The fourth-order valence-corrected chi connectivity index (χ4v) is 7.15. The van der Waals surface area contributed by atoms with Gasteiger partial charge in [-0.25, -0.2) is 22.2 Å². The summed E-state index contributed by atoms with van der Waals surface area (Å²) in [7, 11) is -0.646. The van der Waals surface area contributed by atoms with Gasteiger partial charge >= 0.3 is 6.09 Å². The fraction of sp³-hybridized carbons (Fsp3) is 0.280. The molecule has 1 fully saturated rings. The number of pyridine rings is 1. The highest BCUT2D eigenvalue weighted by Gasteiger charge is 2.53. The third-order valence-corrected chi connectivity index (χ3v) is 9.21. The average molecular weight is 521 g/mol. The Kier molecular flexibility index (Phi) is 4.96. The number of aromatic nitrogens is 4. The van der Waals surface area contributed by atoms with Crippen LogP contribution in [0.3, 0.4) is 0 Å². The predicted molar refractivity (Wildman–Crippen MR) is 135 cm³/mol. The van der Waals surface area contributed by atoms with E-state index in [2.05, 4.69) is 10.1 Å². The molecule has 5 heterocycles. The minimum atomic E-state index is -4.07. The molecule has 12 heteroatoms. The lowest BCUT2D eigenvalue weighted by molar-refractivity contribution is -0.124. The molecule has 3 aromatic heterocycles. The molecule has 2 aliphatic rings. The van der Waals surface area contributed by atoms with E-state index in [0.717, 1.165) is 0 Å². The van der Waals surface area contributed by atoms with Crippen molar-refractivity contribution in [3.8, 4) is 11.3 Å². The molecule has 6 rings (SSSR count). The van der Waals surface area contributed by atoms with Gasteiger partial charge in [-0.05, 0) is 31.0 Å². The maximum Gasteiger partial charge on any atom is 0.407 e. The number of likely N-dealkylation sites (N-methyl/N-ethyl adjacent to an activating group) is 1. The number of carbonyl (C=O) groups is 2. The molecular formula is C25H24N6O5S. The number of piperidine rings is 1. The first-order valence-electron chi connectivity index (χ1n) is 11.8. The van der Waals surface area contributed by atoms with Gasteiger partial charge in [0.15, 0.2) is 5.65 Å². The van der Waals surface area contributed by atoms with Crippen LogP contribution in [0.1, 0.15) is 18.4 Å². The van der Waals surface area contributed by atoms with E-state index in [1.807, 2.05) is 0 Å². The van der Waals surface area contributed by atoms with E-state index >= 15 is 0 Å². The van der Waals surface area contributed by atoms with E-state index < -0.39 is 21.5 Å². The Morgan fingerprint density at radius 2 is 1.78 bits per heavy atom. The van der Waals surface area contributed by atoms with E-state index in [4.69, 9.17) is 0 Å². The topological polar surface area (TPSA) is 131 Å². The number of carboxylic acid groups (broad SMARTS) is 1. The minimum Gasteiger partial charge on any atom is -0.465 e. The van der Waals surface area contributed by atoms with Gasteiger partial charge in [0.1, 0.15) is 0 Å². The summed E-state index contributed by atoms with van der Waals surface area (Å²) in [5, 5.41) is 14.2. The number of carbonyl (C=O) groups excluding carboxylic acids is 1. The summed E-state index contributed by atoms with van der Waals surface area (Å²) in [6.07, 6.45) is 4.43. The first kappa shape index (κ1) is 23.2. The molecule has 0 unspecified atom stereocenters. The molecule has 11 nitrogen and oxygen atoms in total. The van der Waals surface area contributed by atoms with Crippen molar-refractivity contribution in [2.24, 2.45) is 7.05 Å². The van der Waals surface area contributed by atoms with Gasteiger partial charge in [0.05, 0.1) is 34.1 Å². The van der Waals surface area contributed by atoms with Crippen molar-refractivity contribution in [1.82, 2.24) is 23.6 Å². The Morgan fingerprint density at radius 3 is 2.41 bits per heavy atom. The van der Waals surface area contributed by atoms with Crippen LogP contribution in [0.5, 0.6) is 0 Å². The van der Waals surface area contributed by atoms with Crippen LogP contribution < -0.4 is 4.90 Å². The Morgan fingerprint density at radius 1 is 1.08 bits per heavy atom. The van der Waals surface area contributed by atoms with Crippen molar-refractivity contribution < 1.29 is 23.1 Å². The van der Waals surface area contributed by atoms with Gasteiger partial charge < -0.3 is 14.9 Å². The van der Waals surface area contributed by atoms with Crippen LogP contribution in [-0.4, -0.2) is 69.3 Å². The van der Waals surface area contributed by atoms with E-state index in [0.29, 0.717) is 40.7 Å². The van der Waals surface area contributed by atoms with Crippen LogP contribution in [0, 0.1) is 0 Å². The first-order valence-corrected chi connectivity index (χ1v) is 13.2. The third kappa shape index (κ3) is 3.21. The van der Waals surface area contributed by atoms with E-state index in [-0.39, 0.29) is 29.5 Å². The Bertz CT molecular complexity index is 1680. The molecule has 1 spiro atoms. The zero-order chi connectivity index (χ0) is 26.1. The van der Waals surface area contributed by atoms with Crippen molar-refractivity contribution in [2.75, 3.05) is 25.0 Å².